The largest absolute Gasteiger partial charge is 0.508 e. The van der Waals surface area contributed by atoms with Crippen molar-refractivity contribution in [2.24, 2.45) is 5.92 Å². The third-order valence-electron chi connectivity index (χ3n) is 5.99. The molecule has 2 aromatic carbocycles. The normalized spacial score (nSPS) is 17.1. The molecule has 0 aromatic heterocycles. The van der Waals surface area contributed by atoms with Gasteiger partial charge in [0.25, 0.3) is 0 Å². The van der Waals surface area contributed by atoms with Crippen LogP contribution in [0.15, 0.2) is 42.5 Å². The number of benzene rings is 2. The quantitative estimate of drug-likeness (QED) is 0.299. The minimum absolute atomic E-state index is 0.0750. The number of amides is 1. The maximum absolute atomic E-state index is 12.4. The number of alkyl halides is 3. The standard InChI is InChI=1S/C27H32F3NO8S/c1-26(2,3)38-25(34)31-15-23(33)37-16-18-13-17-7-4-5-8-20(17)24(18)21-14-19(9-10-22(21)32)39-40(35,36)12-6-11-27(28,29)30/h4-5,7-10,14,18,24,32H,6,11-13,15-16H2,1-3H3,(H,31,34)/t18-,24?/m0/s1. The van der Waals surface area contributed by atoms with E-state index >= 15 is 0 Å². The van der Waals surface area contributed by atoms with Gasteiger partial charge in [-0.2, -0.15) is 21.6 Å². The van der Waals surface area contributed by atoms with Crippen LogP contribution >= 0.6 is 0 Å². The fourth-order valence-electron chi connectivity index (χ4n) is 4.44. The van der Waals surface area contributed by atoms with E-state index in [-0.39, 0.29) is 24.0 Å². The molecule has 2 N–H and O–H groups in total. The zero-order valence-electron chi connectivity index (χ0n) is 22.3. The second-order valence-corrected chi connectivity index (χ2v) is 12.2. The summed E-state index contributed by atoms with van der Waals surface area (Å²) in [6, 6.07) is 11.1. The Morgan fingerprint density at radius 3 is 2.45 bits per heavy atom. The van der Waals surface area contributed by atoms with Crippen LogP contribution in [-0.2, 0) is 30.8 Å². The molecule has 0 radical (unpaired) electrons. The molecule has 0 heterocycles. The first-order valence-electron chi connectivity index (χ1n) is 12.5. The molecule has 3 rings (SSSR count). The van der Waals surface area contributed by atoms with Crippen LogP contribution in [0.25, 0.3) is 0 Å². The van der Waals surface area contributed by atoms with E-state index in [9.17, 15) is 36.3 Å². The molecule has 0 saturated heterocycles. The fourth-order valence-corrected chi connectivity index (χ4v) is 5.41. The number of phenols is 1. The predicted molar refractivity (Wildman–Crippen MR) is 138 cm³/mol. The van der Waals surface area contributed by atoms with Gasteiger partial charge in [-0.3, -0.25) is 4.79 Å². The van der Waals surface area contributed by atoms with Gasteiger partial charge in [0, 0.05) is 23.8 Å². The van der Waals surface area contributed by atoms with E-state index in [2.05, 4.69) is 5.32 Å². The van der Waals surface area contributed by atoms with Crippen LogP contribution in [0.5, 0.6) is 11.5 Å². The molecule has 0 fully saturated rings. The van der Waals surface area contributed by atoms with E-state index in [1.165, 1.54) is 18.2 Å². The van der Waals surface area contributed by atoms with Gasteiger partial charge in [0.1, 0.15) is 23.6 Å². The van der Waals surface area contributed by atoms with Crippen LogP contribution in [0.4, 0.5) is 18.0 Å². The smallest absolute Gasteiger partial charge is 0.408 e. The summed E-state index contributed by atoms with van der Waals surface area (Å²) in [5.41, 5.74) is 1.34. The SMILES string of the molecule is CC(C)(C)OC(=O)NCC(=O)OC[C@@H]1Cc2ccccc2C1c1cc(OS(=O)(=O)CCCC(F)(F)F)ccc1O. The lowest BCUT2D eigenvalue weighted by Gasteiger charge is -2.23. The molecule has 40 heavy (non-hydrogen) atoms. The molecule has 2 atom stereocenters. The lowest BCUT2D eigenvalue weighted by Crippen LogP contribution is -2.36. The Bertz CT molecular complexity index is 1320. The highest BCUT2D eigenvalue weighted by Crippen LogP contribution is 2.46. The van der Waals surface area contributed by atoms with Crippen molar-refractivity contribution in [3.8, 4) is 11.5 Å². The van der Waals surface area contributed by atoms with E-state index in [1.54, 1.807) is 26.8 Å². The summed E-state index contributed by atoms with van der Waals surface area (Å²) in [7, 11) is -4.33. The minimum atomic E-state index is -4.48. The number of hydrogen-bond acceptors (Lipinski definition) is 8. The van der Waals surface area contributed by atoms with Crippen molar-refractivity contribution < 1.29 is 49.9 Å². The maximum Gasteiger partial charge on any atom is 0.408 e. The van der Waals surface area contributed by atoms with Crippen LogP contribution < -0.4 is 9.50 Å². The predicted octanol–water partition coefficient (Wildman–Crippen LogP) is 4.82. The number of esters is 1. The number of halogens is 3. The Morgan fingerprint density at radius 1 is 1.07 bits per heavy atom. The van der Waals surface area contributed by atoms with Gasteiger partial charge in [0.2, 0.25) is 0 Å². The van der Waals surface area contributed by atoms with Gasteiger partial charge in [-0.25, -0.2) is 4.79 Å². The summed E-state index contributed by atoms with van der Waals surface area (Å²) in [4.78, 5) is 24.1. The van der Waals surface area contributed by atoms with Gasteiger partial charge in [-0.1, -0.05) is 24.3 Å². The first-order valence-corrected chi connectivity index (χ1v) is 14.1. The number of hydrogen-bond donors (Lipinski definition) is 2. The zero-order valence-corrected chi connectivity index (χ0v) is 23.1. The number of ether oxygens (including phenoxy) is 2. The van der Waals surface area contributed by atoms with Gasteiger partial charge in [0.15, 0.2) is 0 Å². The first-order chi connectivity index (χ1) is 18.5. The highest BCUT2D eigenvalue weighted by atomic mass is 32.2. The van der Waals surface area contributed by atoms with Crippen LogP contribution in [-0.4, -0.2) is 56.3 Å². The third-order valence-corrected chi connectivity index (χ3v) is 7.22. The van der Waals surface area contributed by atoms with Crippen molar-refractivity contribution in [3.63, 3.8) is 0 Å². The Kier molecular flexibility index (Phi) is 9.60. The molecule has 220 valence electrons. The number of alkyl carbamates (subject to hydrolysis) is 1. The van der Waals surface area contributed by atoms with Crippen molar-refractivity contribution in [3.05, 3.63) is 59.2 Å². The molecule has 13 heteroatoms. The minimum Gasteiger partial charge on any atom is -0.508 e. The molecular formula is C27H32F3NO8S. The maximum atomic E-state index is 12.4. The lowest BCUT2D eigenvalue weighted by atomic mass is 9.85. The molecule has 0 aliphatic heterocycles. The van der Waals surface area contributed by atoms with Crippen molar-refractivity contribution in [1.29, 1.82) is 0 Å². The molecule has 1 amide bonds. The highest BCUT2D eigenvalue weighted by Gasteiger charge is 2.36. The summed E-state index contributed by atoms with van der Waals surface area (Å²) in [6.07, 6.45) is -6.69. The molecule has 0 saturated carbocycles. The molecule has 2 aromatic rings. The number of nitrogens with one attached hydrogen (secondary N) is 1. The van der Waals surface area contributed by atoms with E-state index in [1.807, 2.05) is 18.2 Å². The number of phenolic OH excluding ortho intramolecular Hbond substituents is 1. The van der Waals surface area contributed by atoms with Gasteiger partial charge in [0.05, 0.1) is 12.4 Å². The number of aromatic hydroxyl groups is 1. The topological polar surface area (TPSA) is 128 Å². The third kappa shape index (κ3) is 9.32. The second kappa shape index (κ2) is 12.4. The van der Waals surface area contributed by atoms with E-state index < -0.39 is 65.0 Å². The Morgan fingerprint density at radius 2 is 1.77 bits per heavy atom. The van der Waals surface area contributed by atoms with Crippen molar-refractivity contribution in [1.82, 2.24) is 5.32 Å². The average Bonchev–Trinajstić information content (AvgIpc) is 3.18. The average molecular weight is 588 g/mol. The van der Waals surface area contributed by atoms with E-state index in [4.69, 9.17) is 13.7 Å². The highest BCUT2D eigenvalue weighted by molar-refractivity contribution is 7.87. The molecule has 9 nitrogen and oxygen atoms in total. The van der Waals surface area contributed by atoms with Crippen LogP contribution in [0.3, 0.4) is 0 Å². The molecule has 1 unspecified atom stereocenters. The molecule has 1 aliphatic carbocycles. The molecule has 0 spiro atoms. The Labute approximate surface area is 230 Å². The van der Waals surface area contributed by atoms with Crippen LogP contribution in [0.2, 0.25) is 0 Å². The molecular weight excluding hydrogens is 555 g/mol. The van der Waals surface area contributed by atoms with E-state index in [0.717, 1.165) is 11.1 Å². The van der Waals surface area contributed by atoms with Crippen LogP contribution in [0.1, 0.15) is 56.2 Å². The summed E-state index contributed by atoms with van der Waals surface area (Å²) < 4.78 is 77.3. The van der Waals surface area contributed by atoms with Crippen molar-refractivity contribution in [2.45, 2.75) is 57.7 Å². The first kappa shape index (κ1) is 31.1. The van der Waals surface area contributed by atoms with Crippen molar-refractivity contribution in [2.75, 3.05) is 18.9 Å². The van der Waals surface area contributed by atoms with Gasteiger partial charge >= 0.3 is 28.4 Å². The van der Waals surface area contributed by atoms with Gasteiger partial charge in [-0.05, 0) is 62.9 Å². The molecule has 0 bridgehead atoms. The summed E-state index contributed by atoms with van der Waals surface area (Å²) in [6.45, 7) is 4.55. The van der Waals surface area contributed by atoms with Crippen molar-refractivity contribution >= 4 is 22.2 Å². The summed E-state index contributed by atoms with van der Waals surface area (Å²) in [5.74, 6) is -2.73. The zero-order chi connectivity index (χ0) is 29.7. The second-order valence-electron chi connectivity index (χ2n) is 10.5. The number of carbonyl (C=O) groups is 2. The Balaban J connectivity index is 1.73. The van der Waals surface area contributed by atoms with Crippen LogP contribution in [0, 0.1) is 5.92 Å². The number of rotatable bonds is 10. The molecule has 1 aliphatic rings. The lowest BCUT2D eigenvalue weighted by molar-refractivity contribution is -0.144. The monoisotopic (exact) mass is 587 g/mol. The van der Waals surface area contributed by atoms with Gasteiger partial charge < -0.3 is 24.1 Å². The Hall–Kier alpha value is -3.48. The summed E-state index contributed by atoms with van der Waals surface area (Å²) >= 11 is 0. The van der Waals surface area contributed by atoms with E-state index in [0.29, 0.717) is 12.0 Å². The van der Waals surface area contributed by atoms with Gasteiger partial charge in [-0.15, -0.1) is 0 Å². The fraction of sp³-hybridized carbons (Fsp3) is 0.481. The summed E-state index contributed by atoms with van der Waals surface area (Å²) in [5, 5.41) is 13.0. The number of fused-ring (bicyclic) bond motifs is 1. The number of carbonyl (C=O) groups excluding carboxylic acids is 2.